The molecular formula is C19H18N2O4. The number of allylic oxidation sites excluding steroid dienone is 1. The molecule has 0 amide bonds. The van der Waals surface area contributed by atoms with Gasteiger partial charge in [-0.2, -0.15) is 5.26 Å². The van der Waals surface area contributed by atoms with E-state index in [1.54, 1.807) is 37.5 Å². The highest BCUT2D eigenvalue weighted by Crippen LogP contribution is 2.30. The number of methoxy groups -OCH3 is 1. The summed E-state index contributed by atoms with van der Waals surface area (Å²) < 4.78 is 10.9. The molecule has 2 rings (SSSR count). The Balaban J connectivity index is 2.35. The summed E-state index contributed by atoms with van der Waals surface area (Å²) in [6.07, 6.45) is 2.58. The summed E-state index contributed by atoms with van der Waals surface area (Å²) in [7, 11) is 1.57. The number of nitro benzene ring substituents is 1. The quantitative estimate of drug-likeness (QED) is 0.322. The molecule has 0 atom stereocenters. The summed E-state index contributed by atoms with van der Waals surface area (Å²) in [5.41, 5.74) is 1.78. The number of hydrogen-bond donors (Lipinski definition) is 0. The van der Waals surface area contributed by atoms with Gasteiger partial charge in [-0.05, 0) is 47.9 Å². The van der Waals surface area contributed by atoms with Crippen molar-refractivity contribution in [2.24, 2.45) is 0 Å². The molecule has 0 unspecified atom stereocenters. The molecule has 0 aliphatic rings. The predicted molar refractivity (Wildman–Crippen MR) is 95.4 cm³/mol. The number of nitriles is 1. The van der Waals surface area contributed by atoms with Crippen molar-refractivity contribution in [1.29, 1.82) is 5.26 Å². The van der Waals surface area contributed by atoms with Gasteiger partial charge in [0.15, 0.2) is 11.5 Å². The van der Waals surface area contributed by atoms with E-state index in [0.29, 0.717) is 29.2 Å². The molecule has 0 heterocycles. The zero-order chi connectivity index (χ0) is 18.2. The second kappa shape index (κ2) is 8.50. The van der Waals surface area contributed by atoms with Gasteiger partial charge in [0, 0.05) is 12.1 Å². The number of benzene rings is 2. The van der Waals surface area contributed by atoms with E-state index in [2.05, 4.69) is 6.07 Å². The monoisotopic (exact) mass is 338 g/mol. The molecule has 6 nitrogen and oxygen atoms in total. The Bertz CT molecular complexity index is 820. The van der Waals surface area contributed by atoms with Crippen molar-refractivity contribution in [3.05, 3.63) is 63.7 Å². The van der Waals surface area contributed by atoms with Crippen LogP contribution in [0.15, 0.2) is 42.5 Å². The van der Waals surface area contributed by atoms with Crippen LogP contribution in [0.4, 0.5) is 5.69 Å². The SMILES string of the molecule is CCCOc1cc(C=C(C#N)c2ccc([N+](=O)[O-])cc2)ccc1OC. The van der Waals surface area contributed by atoms with E-state index >= 15 is 0 Å². The molecule has 0 radical (unpaired) electrons. The first-order valence-corrected chi connectivity index (χ1v) is 7.76. The first kappa shape index (κ1) is 18.0. The number of non-ortho nitro benzene ring substituents is 1. The van der Waals surface area contributed by atoms with E-state index in [0.717, 1.165) is 12.0 Å². The van der Waals surface area contributed by atoms with Crippen LogP contribution in [0.3, 0.4) is 0 Å². The Morgan fingerprint density at radius 2 is 1.96 bits per heavy atom. The number of nitro groups is 1. The zero-order valence-electron chi connectivity index (χ0n) is 14.1. The smallest absolute Gasteiger partial charge is 0.269 e. The van der Waals surface area contributed by atoms with Crippen LogP contribution in [0.2, 0.25) is 0 Å². The van der Waals surface area contributed by atoms with Gasteiger partial charge in [0.1, 0.15) is 0 Å². The molecule has 0 spiro atoms. The van der Waals surface area contributed by atoms with E-state index in [1.165, 1.54) is 12.1 Å². The van der Waals surface area contributed by atoms with Crippen molar-refractivity contribution in [2.75, 3.05) is 13.7 Å². The van der Waals surface area contributed by atoms with Crippen molar-refractivity contribution in [2.45, 2.75) is 13.3 Å². The third-order valence-corrected chi connectivity index (χ3v) is 3.47. The fourth-order valence-electron chi connectivity index (χ4n) is 2.22. The molecule has 0 bridgehead atoms. The van der Waals surface area contributed by atoms with Gasteiger partial charge in [-0.3, -0.25) is 10.1 Å². The summed E-state index contributed by atoms with van der Waals surface area (Å²) in [6.45, 7) is 2.58. The highest BCUT2D eigenvalue weighted by molar-refractivity contribution is 5.90. The maximum absolute atomic E-state index is 10.7. The molecule has 2 aromatic carbocycles. The van der Waals surface area contributed by atoms with Crippen LogP contribution in [0.1, 0.15) is 24.5 Å². The molecule has 6 heteroatoms. The molecule has 0 aromatic heterocycles. The van der Waals surface area contributed by atoms with E-state index in [-0.39, 0.29) is 5.69 Å². The molecule has 0 saturated carbocycles. The Morgan fingerprint density at radius 1 is 1.24 bits per heavy atom. The van der Waals surface area contributed by atoms with E-state index < -0.39 is 4.92 Å². The lowest BCUT2D eigenvalue weighted by molar-refractivity contribution is -0.384. The van der Waals surface area contributed by atoms with Crippen molar-refractivity contribution in [1.82, 2.24) is 0 Å². The maximum Gasteiger partial charge on any atom is 0.269 e. The molecule has 0 N–H and O–H groups in total. The van der Waals surface area contributed by atoms with Crippen LogP contribution in [0.5, 0.6) is 11.5 Å². The summed E-state index contributed by atoms with van der Waals surface area (Å²) in [6, 6.07) is 13.4. The minimum absolute atomic E-state index is 0.0132. The normalized spacial score (nSPS) is 10.8. The van der Waals surface area contributed by atoms with Gasteiger partial charge in [-0.25, -0.2) is 0 Å². The fraction of sp³-hybridized carbons (Fsp3) is 0.211. The largest absolute Gasteiger partial charge is 0.493 e. The van der Waals surface area contributed by atoms with Gasteiger partial charge in [-0.1, -0.05) is 13.0 Å². The van der Waals surface area contributed by atoms with Gasteiger partial charge in [-0.15, -0.1) is 0 Å². The Morgan fingerprint density at radius 3 is 2.52 bits per heavy atom. The van der Waals surface area contributed by atoms with E-state index in [9.17, 15) is 15.4 Å². The molecule has 25 heavy (non-hydrogen) atoms. The van der Waals surface area contributed by atoms with Crippen molar-refractivity contribution < 1.29 is 14.4 Å². The molecular weight excluding hydrogens is 320 g/mol. The Kier molecular flexibility index (Phi) is 6.13. The van der Waals surface area contributed by atoms with Gasteiger partial charge < -0.3 is 9.47 Å². The van der Waals surface area contributed by atoms with E-state index in [1.807, 2.05) is 13.0 Å². The zero-order valence-corrected chi connectivity index (χ0v) is 14.1. The van der Waals surface area contributed by atoms with Crippen LogP contribution < -0.4 is 9.47 Å². The predicted octanol–water partition coefficient (Wildman–Crippen LogP) is 4.46. The molecule has 128 valence electrons. The number of nitrogens with zero attached hydrogens (tertiary/aromatic N) is 2. The van der Waals surface area contributed by atoms with Crippen LogP contribution in [0.25, 0.3) is 11.6 Å². The molecule has 0 saturated heterocycles. The average Bonchev–Trinajstić information content (AvgIpc) is 2.64. The maximum atomic E-state index is 10.7. The highest BCUT2D eigenvalue weighted by Gasteiger charge is 2.09. The third kappa shape index (κ3) is 4.58. The second-order valence-corrected chi connectivity index (χ2v) is 5.23. The minimum atomic E-state index is -0.472. The lowest BCUT2D eigenvalue weighted by Gasteiger charge is -2.10. The van der Waals surface area contributed by atoms with Crippen molar-refractivity contribution >= 4 is 17.3 Å². The Hall–Kier alpha value is -3.33. The van der Waals surface area contributed by atoms with Crippen molar-refractivity contribution in [3.63, 3.8) is 0 Å². The van der Waals surface area contributed by atoms with Gasteiger partial charge in [0.2, 0.25) is 0 Å². The molecule has 0 fully saturated rings. The first-order chi connectivity index (χ1) is 12.1. The topological polar surface area (TPSA) is 85.4 Å². The number of ether oxygens (including phenoxy) is 2. The average molecular weight is 338 g/mol. The lowest BCUT2D eigenvalue weighted by Crippen LogP contribution is -1.98. The summed E-state index contributed by atoms with van der Waals surface area (Å²) >= 11 is 0. The van der Waals surface area contributed by atoms with Gasteiger partial charge >= 0.3 is 0 Å². The Labute approximate surface area is 146 Å². The first-order valence-electron chi connectivity index (χ1n) is 7.76. The third-order valence-electron chi connectivity index (χ3n) is 3.47. The molecule has 2 aromatic rings. The van der Waals surface area contributed by atoms with Gasteiger partial charge in [0.05, 0.1) is 30.3 Å². The molecule has 0 aliphatic heterocycles. The summed E-state index contributed by atoms with van der Waals surface area (Å²) in [5.74, 6) is 1.23. The van der Waals surface area contributed by atoms with Crippen LogP contribution in [-0.4, -0.2) is 18.6 Å². The van der Waals surface area contributed by atoms with E-state index in [4.69, 9.17) is 9.47 Å². The van der Waals surface area contributed by atoms with Crippen LogP contribution in [-0.2, 0) is 0 Å². The summed E-state index contributed by atoms with van der Waals surface area (Å²) in [5, 5.41) is 20.1. The molecule has 0 aliphatic carbocycles. The lowest BCUT2D eigenvalue weighted by atomic mass is 10.0. The number of rotatable bonds is 7. The fourth-order valence-corrected chi connectivity index (χ4v) is 2.22. The summed E-state index contributed by atoms with van der Waals surface area (Å²) in [4.78, 5) is 10.3. The van der Waals surface area contributed by atoms with Crippen LogP contribution >= 0.6 is 0 Å². The number of hydrogen-bond acceptors (Lipinski definition) is 5. The standard InChI is InChI=1S/C19H18N2O4/c1-3-10-25-19-12-14(4-9-18(19)24-2)11-16(13-20)15-5-7-17(8-6-15)21(22)23/h4-9,11-12H,3,10H2,1-2H3. The van der Waals surface area contributed by atoms with Crippen LogP contribution in [0, 0.1) is 21.4 Å². The van der Waals surface area contributed by atoms with Crippen molar-refractivity contribution in [3.8, 4) is 17.6 Å². The van der Waals surface area contributed by atoms with Gasteiger partial charge in [0.25, 0.3) is 5.69 Å². The highest BCUT2D eigenvalue weighted by atomic mass is 16.6. The second-order valence-electron chi connectivity index (χ2n) is 5.23. The minimum Gasteiger partial charge on any atom is -0.493 e.